The second kappa shape index (κ2) is 4.91. The Hall–Kier alpha value is -1.38. The van der Waals surface area contributed by atoms with Crippen LogP contribution in [0.2, 0.25) is 0 Å². The van der Waals surface area contributed by atoms with Gasteiger partial charge >= 0.3 is 0 Å². The summed E-state index contributed by atoms with van der Waals surface area (Å²) in [6.45, 7) is 9.26. The topological polar surface area (TPSA) is 28.7 Å². The van der Waals surface area contributed by atoms with E-state index < -0.39 is 6.17 Å². The summed E-state index contributed by atoms with van der Waals surface area (Å²) in [4.78, 5) is 0. The second-order valence-electron chi connectivity index (χ2n) is 3.95. The van der Waals surface area contributed by atoms with Crippen LogP contribution in [0.5, 0.6) is 0 Å². The van der Waals surface area contributed by atoms with Crippen LogP contribution in [0.25, 0.3) is 0 Å². The lowest BCUT2D eigenvalue weighted by Crippen LogP contribution is -1.87. The van der Waals surface area contributed by atoms with Crippen LogP contribution in [0.3, 0.4) is 0 Å². The molecule has 0 saturated carbocycles. The number of aromatic nitrogens is 2. The Balaban J connectivity index is 2.69. The van der Waals surface area contributed by atoms with Gasteiger partial charge in [-0.05, 0) is 26.8 Å². The van der Waals surface area contributed by atoms with Crippen LogP contribution in [0.15, 0.2) is 29.9 Å². The van der Waals surface area contributed by atoms with Gasteiger partial charge in [0.2, 0.25) is 0 Å². The van der Waals surface area contributed by atoms with Gasteiger partial charge in [0.05, 0.1) is 5.69 Å². The summed E-state index contributed by atoms with van der Waals surface area (Å²) in [5.41, 5.74) is 3.60. The van der Waals surface area contributed by atoms with Gasteiger partial charge < -0.3 is 0 Å². The molecule has 0 saturated heterocycles. The number of H-pyrrole nitrogens is 1. The highest BCUT2D eigenvalue weighted by molar-refractivity contribution is 5.22. The van der Waals surface area contributed by atoms with Gasteiger partial charge in [-0.1, -0.05) is 23.8 Å². The lowest BCUT2D eigenvalue weighted by molar-refractivity contribution is 0.365. The molecule has 1 heterocycles. The summed E-state index contributed by atoms with van der Waals surface area (Å²) in [5, 5.41) is 6.73. The zero-order valence-electron chi connectivity index (χ0n) is 9.47. The molecule has 1 aromatic rings. The van der Waals surface area contributed by atoms with E-state index in [1.807, 2.05) is 19.9 Å². The first-order valence-corrected chi connectivity index (χ1v) is 5.00. The standard InChI is InChI=1S/C12H17FN2/c1-8(2)5-9(3)6-11-7-12(10(4)13)15-14-11/h5,7,10H,1,6H2,2-4H3,(H,14,15)/b9-5+. The van der Waals surface area contributed by atoms with Crippen molar-refractivity contribution in [2.24, 2.45) is 0 Å². The number of allylic oxidation sites excluding steroid dienone is 3. The van der Waals surface area contributed by atoms with Crippen molar-refractivity contribution < 1.29 is 4.39 Å². The van der Waals surface area contributed by atoms with E-state index in [2.05, 4.69) is 16.8 Å². The Morgan fingerprint density at radius 2 is 2.33 bits per heavy atom. The van der Waals surface area contributed by atoms with Crippen LogP contribution >= 0.6 is 0 Å². The van der Waals surface area contributed by atoms with Crippen molar-refractivity contribution in [3.63, 3.8) is 0 Å². The molecule has 0 spiro atoms. The van der Waals surface area contributed by atoms with Gasteiger partial charge in [-0.3, -0.25) is 5.10 Å². The van der Waals surface area contributed by atoms with Crippen molar-refractivity contribution in [3.8, 4) is 0 Å². The molecule has 82 valence electrons. The Morgan fingerprint density at radius 3 is 2.80 bits per heavy atom. The van der Waals surface area contributed by atoms with Crippen molar-refractivity contribution in [1.29, 1.82) is 0 Å². The Bertz CT molecular complexity index is 375. The minimum absolute atomic E-state index is 0.466. The van der Waals surface area contributed by atoms with Crippen molar-refractivity contribution in [2.45, 2.75) is 33.4 Å². The third-order valence-corrected chi connectivity index (χ3v) is 2.02. The zero-order chi connectivity index (χ0) is 11.4. The molecule has 1 atom stereocenters. The average Bonchev–Trinajstić information content (AvgIpc) is 2.50. The molecule has 3 heteroatoms. The van der Waals surface area contributed by atoms with Gasteiger partial charge in [-0.15, -0.1) is 0 Å². The summed E-state index contributed by atoms with van der Waals surface area (Å²) < 4.78 is 12.9. The molecule has 2 nitrogen and oxygen atoms in total. The molecule has 1 N–H and O–H groups in total. The number of halogens is 1. The van der Waals surface area contributed by atoms with Crippen LogP contribution < -0.4 is 0 Å². The lowest BCUT2D eigenvalue weighted by Gasteiger charge is -1.97. The highest BCUT2D eigenvalue weighted by Crippen LogP contribution is 2.16. The number of rotatable bonds is 4. The molecule has 0 aliphatic carbocycles. The van der Waals surface area contributed by atoms with E-state index in [9.17, 15) is 4.39 Å². The average molecular weight is 208 g/mol. The molecule has 1 rings (SSSR count). The minimum atomic E-state index is -1.01. The Kier molecular flexibility index (Phi) is 3.83. The highest BCUT2D eigenvalue weighted by atomic mass is 19.1. The van der Waals surface area contributed by atoms with E-state index in [1.165, 1.54) is 12.5 Å². The summed E-state index contributed by atoms with van der Waals surface area (Å²) in [6, 6.07) is 1.76. The van der Waals surface area contributed by atoms with Gasteiger partial charge in [-0.2, -0.15) is 5.10 Å². The normalized spacial score (nSPS) is 14.0. The molecule has 0 aliphatic heterocycles. The van der Waals surface area contributed by atoms with Gasteiger partial charge in [0.1, 0.15) is 6.17 Å². The molecular formula is C12H17FN2. The molecule has 0 bridgehead atoms. The molecule has 0 radical (unpaired) electrons. The van der Waals surface area contributed by atoms with Gasteiger partial charge in [-0.25, -0.2) is 4.39 Å². The third kappa shape index (κ3) is 3.70. The molecule has 0 aromatic carbocycles. The Morgan fingerprint density at radius 1 is 1.67 bits per heavy atom. The smallest absolute Gasteiger partial charge is 0.141 e. The van der Waals surface area contributed by atoms with E-state index in [0.717, 1.165) is 17.7 Å². The van der Waals surface area contributed by atoms with Crippen molar-refractivity contribution in [1.82, 2.24) is 10.2 Å². The van der Waals surface area contributed by atoms with E-state index in [-0.39, 0.29) is 0 Å². The molecule has 1 unspecified atom stereocenters. The molecular weight excluding hydrogens is 191 g/mol. The number of hydrogen-bond acceptors (Lipinski definition) is 1. The van der Waals surface area contributed by atoms with Gasteiger partial charge in [0, 0.05) is 12.1 Å². The van der Waals surface area contributed by atoms with Crippen LogP contribution in [0.1, 0.15) is 38.3 Å². The fraction of sp³-hybridized carbons (Fsp3) is 0.417. The molecule has 0 fully saturated rings. The van der Waals surface area contributed by atoms with Crippen molar-refractivity contribution >= 4 is 0 Å². The fourth-order valence-electron chi connectivity index (χ4n) is 1.45. The first-order valence-electron chi connectivity index (χ1n) is 5.00. The number of nitrogens with one attached hydrogen (secondary N) is 1. The number of hydrogen-bond donors (Lipinski definition) is 1. The fourth-order valence-corrected chi connectivity index (χ4v) is 1.45. The maximum absolute atomic E-state index is 12.9. The first kappa shape index (κ1) is 11.7. The maximum atomic E-state index is 12.9. The number of aromatic amines is 1. The third-order valence-electron chi connectivity index (χ3n) is 2.02. The predicted molar refractivity (Wildman–Crippen MR) is 60.4 cm³/mol. The molecule has 0 aliphatic rings. The first-order chi connectivity index (χ1) is 6.99. The number of alkyl halides is 1. The van der Waals surface area contributed by atoms with Gasteiger partial charge in [0.15, 0.2) is 0 Å². The van der Waals surface area contributed by atoms with E-state index in [4.69, 9.17) is 0 Å². The summed E-state index contributed by atoms with van der Waals surface area (Å²) in [5.74, 6) is 0. The van der Waals surface area contributed by atoms with E-state index in [1.54, 1.807) is 6.07 Å². The van der Waals surface area contributed by atoms with Gasteiger partial charge in [0.25, 0.3) is 0 Å². The largest absolute Gasteiger partial charge is 0.282 e. The van der Waals surface area contributed by atoms with E-state index >= 15 is 0 Å². The maximum Gasteiger partial charge on any atom is 0.141 e. The monoisotopic (exact) mass is 208 g/mol. The minimum Gasteiger partial charge on any atom is -0.282 e. The van der Waals surface area contributed by atoms with Crippen molar-refractivity contribution in [2.75, 3.05) is 0 Å². The second-order valence-corrected chi connectivity index (χ2v) is 3.95. The molecule has 0 amide bonds. The summed E-state index contributed by atoms with van der Waals surface area (Å²) in [6.07, 6.45) is 1.76. The van der Waals surface area contributed by atoms with Crippen molar-refractivity contribution in [3.05, 3.63) is 41.3 Å². The molecule has 15 heavy (non-hydrogen) atoms. The SMILES string of the molecule is C=C(C)/C=C(\C)Cc1cc(C(C)F)n[nH]1. The van der Waals surface area contributed by atoms with Crippen LogP contribution in [-0.4, -0.2) is 10.2 Å². The number of nitrogens with zero attached hydrogens (tertiary/aromatic N) is 1. The molecule has 1 aromatic heterocycles. The zero-order valence-corrected chi connectivity index (χ0v) is 9.47. The van der Waals surface area contributed by atoms with Crippen LogP contribution in [0.4, 0.5) is 4.39 Å². The summed E-state index contributed by atoms with van der Waals surface area (Å²) in [7, 11) is 0. The highest BCUT2D eigenvalue weighted by Gasteiger charge is 2.07. The lowest BCUT2D eigenvalue weighted by atomic mass is 10.1. The Labute approximate surface area is 89.9 Å². The predicted octanol–water partition coefficient (Wildman–Crippen LogP) is 3.51. The summed E-state index contributed by atoms with van der Waals surface area (Å²) >= 11 is 0. The van der Waals surface area contributed by atoms with Crippen LogP contribution in [-0.2, 0) is 6.42 Å². The van der Waals surface area contributed by atoms with Crippen LogP contribution in [0, 0.1) is 0 Å². The quantitative estimate of drug-likeness (QED) is 0.754. The van der Waals surface area contributed by atoms with E-state index in [0.29, 0.717) is 5.69 Å².